The van der Waals surface area contributed by atoms with Crippen molar-refractivity contribution in [1.29, 1.82) is 0 Å². The van der Waals surface area contributed by atoms with Crippen molar-refractivity contribution >= 4 is 34.9 Å². The van der Waals surface area contributed by atoms with Gasteiger partial charge in [-0.2, -0.15) is 0 Å². The number of nitrogens with zero attached hydrogens (tertiary/aromatic N) is 3. The summed E-state index contributed by atoms with van der Waals surface area (Å²) in [6.07, 6.45) is 1.89. The van der Waals surface area contributed by atoms with E-state index in [0.29, 0.717) is 23.1 Å². The molecule has 0 aliphatic rings. The van der Waals surface area contributed by atoms with Crippen LogP contribution in [0.25, 0.3) is 5.65 Å². The number of nitrogens with one attached hydrogen (secondary N) is 1. The molecule has 0 saturated heterocycles. The molecule has 2 aromatic carbocycles. The second-order valence-corrected chi connectivity index (χ2v) is 8.00. The molecule has 1 atom stereocenters. The van der Waals surface area contributed by atoms with E-state index in [1.165, 1.54) is 0 Å². The van der Waals surface area contributed by atoms with Crippen LogP contribution in [0, 0.1) is 0 Å². The number of carbonyl (C=O) groups is 1. The van der Waals surface area contributed by atoms with Gasteiger partial charge in [0.2, 0.25) is 5.91 Å². The predicted octanol–water partition coefficient (Wildman–Crippen LogP) is 4.52. The minimum atomic E-state index is -0.0439. The normalized spacial score (nSPS) is 12.0. The number of hydrogen-bond donors (Lipinski definition) is 1. The van der Waals surface area contributed by atoms with E-state index in [2.05, 4.69) is 27.6 Å². The van der Waals surface area contributed by atoms with Crippen LogP contribution in [0.3, 0.4) is 0 Å². The molecule has 4 aromatic rings. The van der Waals surface area contributed by atoms with E-state index in [1.807, 2.05) is 71.3 Å². The molecule has 0 fully saturated rings. The summed E-state index contributed by atoms with van der Waals surface area (Å²) < 4.78 is 1.87. The van der Waals surface area contributed by atoms with E-state index < -0.39 is 0 Å². The monoisotopic (exact) mass is 422 g/mol. The van der Waals surface area contributed by atoms with Crippen molar-refractivity contribution in [1.82, 2.24) is 19.9 Å². The maximum atomic E-state index is 12.5. The highest BCUT2D eigenvalue weighted by Crippen LogP contribution is 2.35. The van der Waals surface area contributed by atoms with E-state index in [4.69, 9.17) is 11.6 Å². The smallest absolute Gasteiger partial charge is 0.230 e. The summed E-state index contributed by atoms with van der Waals surface area (Å²) in [6, 6.07) is 23.6. The molecule has 0 saturated carbocycles. The summed E-state index contributed by atoms with van der Waals surface area (Å²) in [5, 5.41) is 11.9. The number of amides is 1. The molecule has 0 aliphatic heterocycles. The van der Waals surface area contributed by atoms with Gasteiger partial charge >= 0.3 is 0 Å². The van der Waals surface area contributed by atoms with E-state index >= 15 is 0 Å². The summed E-state index contributed by atoms with van der Waals surface area (Å²) in [5.41, 5.74) is 3.02. The number of halogens is 1. The van der Waals surface area contributed by atoms with Crippen molar-refractivity contribution in [3.63, 3.8) is 0 Å². The molecule has 0 aliphatic carbocycles. The van der Waals surface area contributed by atoms with Crippen molar-refractivity contribution in [2.24, 2.45) is 0 Å². The molecule has 2 aromatic heterocycles. The molecular weight excluding hydrogens is 404 g/mol. The third-order valence-corrected chi connectivity index (χ3v) is 6.04. The molecule has 0 bridgehead atoms. The van der Waals surface area contributed by atoms with Crippen LogP contribution >= 0.6 is 23.4 Å². The SMILES string of the molecule is O=C(CSC(c1ccccc1)c1ccc(Cl)cc1)NCc1nnc2ccccn12. The standard InChI is InChI=1S/C22H19ClN4OS/c23-18-11-9-17(10-12-18)22(16-6-2-1-3-7-16)29-15-21(28)24-14-20-26-25-19-8-4-5-13-27(19)20/h1-13,22H,14-15H2,(H,24,28). The van der Waals surface area contributed by atoms with Gasteiger partial charge in [0.05, 0.1) is 17.5 Å². The molecule has 0 radical (unpaired) electrons. The molecule has 7 heteroatoms. The molecule has 146 valence electrons. The van der Waals surface area contributed by atoms with Gasteiger partial charge in [0.1, 0.15) is 0 Å². The fourth-order valence-corrected chi connectivity index (χ4v) is 4.29. The first-order valence-electron chi connectivity index (χ1n) is 9.18. The Bertz CT molecular complexity index is 1100. The summed E-state index contributed by atoms with van der Waals surface area (Å²) >= 11 is 7.62. The maximum absolute atomic E-state index is 12.5. The fraction of sp³-hybridized carbons (Fsp3) is 0.136. The highest BCUT2D eigenvalue weighted by Gasteiger charge is 2.17. The molecule has 1 amide bonds. The van der Waals surface area contributed by atoms with Gasteiger partial charge in [-0.15, -0.1) is 22.0 Å². The van der Waals surface area contributed by atoms with Gasteiger partial charge in [0, 0.05) is 11.2 Å². The summed E-state index contributed by atoms with van der Waals surface area (Å²) in [7, 11) is 0. The van der Waals surface area contributed by atoms with Crippen LogP contribution in [-0.2, 0) is 11.3 Å². The van der Waals surface area contributed by atoms with E-state index in [9.17, 15) is 4.79 Å². The molecule has 1 N–H and O–H groups in total. The summed E-state index contributed by atoms with van der Waals surface area (Å²) in [4.78, 5) is 12.5. The van der Waals surface area contributed by atoms with Crippen LogP contribution in [0.2, 0.25) is 5.02 Å². The Morgan fingerprint density at radius 1 is 0.966 bits per heavy atom. The Balaban J connectivity index is 1.41. The lowest BCUT2D eigenvalue weighted by atomic mass is 10.0. The first-order chi connectivity index (χ1) is 14.2. The second-order valence-electron chi connectivity index (χ2n) is 6.48. The zero-order chi connectivity index (χ0) is 20.1. The average Bonchev–Trinajstić information content (AvgIpc) is 3.17. The van der Waals surface area contributed by atoms with Gasteiger partial charge in [-0.3, -0.25) is 9.20 Å². The van der Waals surface area contributed by atoms with Crippen LogP contribution < -0.4 is 5.32 Å². The molecule has 4 rings (SSSR count). The predicted molar refractivity (Wildman–Crippen MR) is 117 cm³/mol. The van der Waals surface area contributed by atoms with Gasteiger partial charge in [-0.05, 0) is 35.4 Å². The third kappa shape index (κ3) is 4.78. The van der Waals surface area contributed by atoms with Gasteiger partial charge < -0.3 is 5.32 Å². The van der Waals surface area contributed by atoms with Gasteiger partial charge in [-0.1, -0.05) is 60.1 Å². The maximum Gasteiger partial charge on any atom is 0.230 e. The van der Waals surface area contributed by atoms with Gasteiger partial charge in [0.25, 0.3) is 0 Å². The zero-order valence-electron chi connectivity index (χ0n) is 15.5. The molecule has 0 spiro atoms. The molecule has 5 nitrogen and oxygen atoms in total. The number of pyridine rings is 1. The van der Waals surface area contributed by atoms with E-state index in [1.54, 1.807) is 11.8 Å². The van der Waals surface area contributed by atoms with E-state index in [-0.39, 0.29) is 11.2 Å². The quantitative estimate of drug-likeness (QED) is 0.475. The summed E-state index contributed by atoms with van der Waals surface area (Å²) in [6.45, 7) is 0.335. The Labute approximate surface area is 178 Å². The number of benzene rings is 2. The van der Waals surface area contributed by atoms with E-state index in [0.717, 1.165) is 16.8 Å². The molecular formula is C22H19ClN4OS. The largest absolute Gasteiger partial charge is 0.348 e. The minimum absolute atomic E-state index is 0.0439. The first kappa shape index (κ1) is 19.5. The number of aromatic nitrogens is 3. The lowest BCUT2D eigenvalue weighted by Gasteiger charge is -2.17. The van der Waals surface area contributed by atoms with Crippen molar-refractivity contribution in [3.8, 4) is 0 Å². The average molecular weight is 423 g/mol. The minimum Gasteiger partial charge on any atom is -0.348 e. The zero-order valence-corrected chi connectivity index (χ0v) is 17.1. The fourth-order valence-electron chi connectivity index (χ4n) is 3.05. The number of fused-ring (bicyclic) bond motifs is 1. The first-order valence-corrected chi connectivity index (χ1v) is 10.6. The van der Waals surface area contributed by atoms with Crippen molar-refractivity contribution in [2.45, 2.75) is 11.8 Å². The second kappa shape index (κ2) is 9.11. The third-order valence-electron chi connectivity index (χ3n) is 4.48. The Morgan fingerprint density at radius 2 is 1.69 bits per heavy atom. The molecule has 1 unspecified atom stereocenters. The van der Waals surface area contributed by atoms with Crippen LogP contribution in [0.5, 0.6) is 0 Å². The molecule has 2 heterocycles. The van der Waals surface area contributed by atoms with Crippen molar-refractivity contribution in [3.05, 3.63) is 101 Å². The lowest BCUT2D eigenvalue weighted by molar-refractivity contribution is -0.118. The molecule has 29 heavy (non-hydrogen) atoms. The number of hydrogen-bond acceptors (Lipinski definition) is 4. The van der Waals surface area contributed by atoms with Gasteiger partial charge in [0.15, 0.2) is 11.5 Å². The lowest BCUT2D eigenvalue weighted by Crippen LogP contribution is -2.26. The highest BCUT2D eigenvalue weighted by atomic mass is 35.5. The highest BCUT2D eigenvalue weighted by molar-refractivity contribution is 8.00. The van der Waals surface area contributed by atoms with Crippen LogP contribution in [0.4, 0.5) is 0 Å². The number of thioether (sulfide) groups is 1. The van der Waals surface area contributed by atoms with Crippen LogP contribution in [0.1, 0.15) is 22.2 Å². The number of rotatable bonds is 7. The summed E-state index contributed by atoms with van der Waals surface area (Å²) in [5.74, 6) is 0.993. The number of carbonyl (C=O) groups excluding carboxylic acids is 1. The van der Waals surface area contributed by atoms with Crippen LogP contribution in [-0.4, -0.2) is 26.3 Å². The Hall–Kier alpha value is -2.83. The Kier molecular flexibility index (Phi) is 6.12. The van der Waals surface area contributed by atoms with Crippen molar-refractivity contribution in [2.75, 3.05) is 5.75 Å². The Morgan fingerprint density at radius 3 is 2.48 bits per heavy atom. The van der Waals surface area contributed by atoms with Gasteiger partial charge in [-0.25, -0.2) is 0 Å². The topological polar surface area (TPSA) is 59.3 Å². The van der Waals surface area contributed by atoms with Crippen molar-refractivity contribution < 1.29 is 4.79 Å². The van der Waals surface area contributed by atoms with Crippen LogP contribution in [0.15, 0.2) is 79.0 Å².